The fourth-order valence-electron chi connectivity index (χ4n) is 2.83. The number of ether oxygens (including phenoxy) is 2. The number of anilines is 2. The molecule has 2 N–H and O–H groups in total. The molecule has 27 heavy (non-hydrogen) atoms. The molecule has 8 heteroatoms. The second kappa shape index (κ2) is 7.24. The third kappa shape index (κ3) is 3.70. The Bertz CT molecular complexity index is 1020. The quantitative estimate of drug-likeness (QED) is 0.722. The summed E-state index contributed by atoms with van der Waals surface area (Å²) < 4.78 is 11.8. The van der Waals surface area contributed by atoms with Crippen molar-refractivity contribution in [2.24, 2.45) is 5.92 Å². The summed E-state index contributed by atoms with van der Waals surface area (Å²) in [6.45, 7) is 0.146. The number of nitrogens with zero attached hydrogens (tertiary/aromatic N) is 1. The summed E-state index contributed by atoms with van der Waals surface area (Å²) in [6.07, 6.45) is 0.0130. The number of nitrogens with one attached hydrogen (secondary N) is 2. The lowest BCUT2D eigenvalue weighted by Gasteiger charge is -2.11. The van der Waals surface area contributed by atoms with Gasteiger partial charge >= 0.3 is 0 Å². The van der Waals surface area contributed by atoms with Crippen LogP contribution in [0.15, 0.2) is 42.5 Å². The van der Waals surface area contributed by atoms with E-state index in [2.05, 4.69) is 15.6 Å². The maximum Gasteiger partial charge on any atom is 0.231 e. The zero-order chi connectivity index (χ0) is 18.8. The van der Waals surface area contributed by atoms with Crippen LogP contribution in [0.2, 0.25) is 0 Å². The van der Waals surface area contributed by atoms with E-state index in [1.165, 1.54) is 11.3 Å². The highest BCUT2D eigenvalue weighted by molar-refractivity contribution is 7.22. The molecular formula is C19H17N3O4S. The Labute approximate surface area is 159 Å². The van der Waals surface area contributed by atoms with E-state index >= 15 is 0 Å². The average Bonchev–Trinajstić information content (AvgIpc) is 2.99. The van der Waals surface area contributed by atoms with Gasteiger partial charge in [-0.05, 0) is 30.3 Å². The van der Waals surface area contributed by atoms with Gasteiger partial charge in [-0.3, -0.25) is 9.59 Å². The molecule has 1 atom stereocenters. The number of para-hydroxylation sites is 2. The number of thiazole rings is 1. The topological polar surface area (TPSA) is 89.6 Å². The molecule has 1 aliphatic rings. The first-order valence-electron chi connectivity index (χ1n) is 8.39. The van der Waals surface area contributed by atoms with Crippen LogP contribution >= 0.6 is 11.3 Å². The molecule has 4 rings (SSSR count). The lowest BCUT2D eigenvalue weighted by atomic mass is 10.1. The van der Waals surface area contributed by atoms with Crippen molar-refractivity contribution in [3.63, 3.8) is 0 Å². The maximum atomic E-state index is 12.4. The summed E-state index contributed by atoms with van der Waals surface area (Å²) in [5, 5.41) is 6.06. The molecule has 2 heterocycles. The van der Waals surface area contributed by atoms with Crippen molar-refractivity contribution in [2.45, 2.75) is 6.42 Å². The van der Waals surface area contributed by atoms with Crippen LogP contribution in [0.25, 0.3) is 10.2 Å². The standard InChI is InChI=1S/C19H17N3O4S/c1-25-12-6-7-14-16(9-12)27-19(21-14)22-17(23)8-11-10-26-15-5-3-2-4-13(15)20-18(11)24/h2-7,9,11H,8,10H2,1H3,(H,20,24)(H,21,22,23). The minimum Gasteiger partial charge on any atom is -0.497 e. The second-order valence-corrected chi connectivity index (χ2v) is 7.13. The molecule has 0 saturated heterocycles. The van der Waals surface area contributed by atoms with E-state index in [1.54, 1.807) is 19.2 Å². The van der Waals surface area contributed by atoms with Gasteiger partial charge in [-0.2, -0.15) is 0 Å². The molecule has 0 saturated carbocycles. The number of fused-ring (bicyclic) bond motifs is 2. The number of carbonyl (C=O) groups excluding carboxylic acids is 2. The van der Waals surface area contributed by atoms with Crippen molar-refractivity contribution >= 4 is 44.2 Å². The number of rotatable bonds is 4. The number of hydrogen-bond acceptors (Lipinski definition) is 6. The number of aromatic nitrogens is 1. The lowest BCUT2D eigenvalue weighted by Crippen LogP contribution is -2.29. The molecule has 0 radical (unpaired) electrons. The van der Waals surface area contributed by atoms with E-state index in [4.69, 9.17) is 9.47 Å². The van der Waals surface area contributed by atoms with Gasteiger partial charge in [0.1, 0.15) is 18.1 Å². The third-order valence-electron chi connectivity index (χ3n) is 4.23. The fourth-order valence-corrected chi connectivity index (χ4v) is 3.74. The van der Waals surface area contributed by atoms with Crippen LogP contribution < -0.4 is 20.1 Å². The molecule has 138 valence electrons. The fraction of sp³-hybridized carbons (Fsp3) is 0.211. The zero-order valence-electron chi connectivity index (χ0n) is 14.5. The number of methoxy groups -OCH3 is 1. The van der Waals surface area contributed by atoms with Crippen LogP contribution in [0.5, 0.6) is 11.5 Å². The van der Waals surface area contributed by atoms with Gasteiger partial charge in [0.25, 0.3) is 0 Å². The van der Waals surface area contributed by atoms with Crippen LogP contribution in [0.1, 0.15) is 6.42 Å². The van der Waals surface area contributed by atoms with E-state index in [0.717, 1.165) is 16.0 Å². The number of benzene rings is 2. The summed E-state index contributed by atoms with van der Waals surface area (Å²) in [4.78, 5) is 29.2. The van der Waals surface area contributed by atoms with Crippen molar-refractivity contribution < 1.29 is 19.1 Å². The molecule has 0 aliphatic carbocycles. The maximum absolute atomic E-state index is 12.4. The van der Waals surface area contributed by atoms with Crippen molar-refractivity contribution in [1.29, 1.82) is 0 Å². The molecule has 0 bridgehead atoms. The van der Waals surface area contributed by atoms with Crippen molar-refractivity contribution in [3.8, 4) is 11.5 Å². The van der Waals surface area contributed by atoms with Crippen LogP contribution in [0.4, 0.5) is 10.8 Å². The Morgan fingerprint density at radius 1 is 1.37 bits per heavy atom. The van der Waals surface area contributed by atoms with E-state index in [9.17, 15) is 9.59 Å². The molecule has 0 fully saturated rings. The highest BCUT2D eigenvalue weighted by atomic mass is 32.1. The largest absolute Gasteiger partial charge is 0.497 e. The highest BCUT2D eigenvalue weighted by Crippen LogP contribution is 2.30. The molecule has 3 aromatic rings. The summed E-state index contributed by atoms with van der Waals surface area (Å²) in [5.74, 6) is 0.247. The summed E-state index contributed by atoms with van der Waals surface area (Å²) >= 11 is 1.36. The van der Waals surface area contributed by atoms with Gasteiger partial charge in [-0.15, -0.1) is 0 Å². The van der Waals surface area contributed by atoms with E-state index in [-0.39, 0.29) is 24.8 Å². The number of hydrogen-bond donors (Lipinski definition) is 2. The Morgan fingerprint density at radius 2 is 2.22 bits per heavy atom. The first kappa shape index (κ1) is 17.3. The molecule has 1 aromatic heterocycles. The average molecular weight is 383 g/mol. The van der Waals surface area contributed by atoms with Crippen LogP contribution in [-0.4, -0.2) is 30.5 Å². The Balaban J connectivity index is 1.43. The van der Waals surface area contributed by atoms with Crippen LogP contribution in [-0.2, 0) is 9.59 Å². The van der Waals surface area contributed by atoms with Crippen molar-refractivity contribution in [3.05, 3.63) is 42.5 Å². The van der Waals surface area contributed by atoms with Gasteiger partial charge in [0.05, 0.1) is 28.9 Å². The van der Waals surface area contributed by atoms with Gasteiger partial charge in [-0.25, -0.2) is 4.98 Å². The smallest absolute Gasteiger partial charge is 0.231 e. The van der Waals surface area contributed by atoms with Gasteiger partial charge in [0, 0.05) is 6.42 Å². The monoisotopic (exact) mass is 383 g/mol. The summed E-state index contributed by atoms with van der Waals surface area (Å²) in [6, 6.07) is 12.7. The van der Waals surface area contributed by atoms with Gasteiger partial charge in [0.15, 0.2) is 5.13 Å². The third-order valence-corrected chi connectivity index (χ3v) is 5.16. The molecule has 0 spiro atoms. The highest BCUT2D eigenvalue weighted by Gasteiger charge is 2.27. The predicted octanol–water partition coefficient (Wildman–Crippen LogP) is 3.28. The molecule has 2 amide bonds. The molecule has 7 nitrogen and oxygen atoms in total. The van der Waals surface area contributed by atoms with Crippen molar-refractivity contribution in [2.75, 3.05) is 24.4 Å². The Morgan fingerprint density at radius 3 is 3.07 bits per heavy atom. The minimum absolute atomic E-state index is 0.0130. The number of carbonyl (C=O) groups is 2. The lowest BCUT2D eigenvalue weighted by molar-refractivity contribution is -0.125. The van der Waals surface area contributed by atoms with E-state index in [0.29, 0.717) is 16.6 Å². The van der Waals surface area contributed by atoms with Gasteiger partial charge in [-0.1, -0.05) is 23.5 Å². The second-order valence-electron chi connectivity index (χ2n) is 6.10. The molecular weight excluding hydrogens is 366 g/mol. The summed E-state index contributed by atoms with van der Waals surface area (Å²) in [7, 11) is 1.60. The van der Waals surface area contributed by atoms with Gasteiger partial charge < -0.3 is 20.1 Å². The molecule has 2 aromatic carbocycles. The first-order chi connectivity index (χ1) is 13.1. The summed E-state index contributed by atoms with van der Waals surface area (Å²) in [5.41, 5.74) is 1.40. The SMILES string of the molecule is COc1ccc2nc(NC(=O)CC3COc4ccccc4NC3=O)sc2c1. The Kier molecular flexibility index (Phi) is 4.64. The predicted molar refractivity (Wildman–Crippen MR) is 103 cm³/mol. The van der Waals surface area contributed by atoms with E-state index < -0.39 is 5.92 Å². The van der Waals surface area contributed by atoms with Crippen LogP contribution in [0.3, 0.4) is 0 Å². The van der Waals surface area contributed by atoms with Gasteiger partial charge in [0.2, 0.25) is 11.8 Å². The van der Waals surface area contributed by atoms with Crippen molar-refractivity contribution in [1.82, 2.24) is 4.98 Å². The number of amides is 2. The molecule has 1 aliphatic heterocycles. The normalized spacial score (nSPS) is 16.0. The minimum atomic E-state index is -0.577. The van der Waals surface area contributed by atoms with E-state index in [1.807, 2.05) is 30.3 Å². The molecule has 1 unspecified atom stereocenters. The van der Waals surface area contributed by atoms with Crippen LogP contribution in [0, 0.1) is 5.92 Å². The Hall–Kier alpha value is -3.13. The zero-order valence-corrected chi connectivity index (χ0v) is 15.3. The first-order valence-corrected chi connectivity index (χ1v) is 9.21.